The van der Waals surface area contributed by atoms with Crippen LogP contribution in [0.1, 0.15) is 44.9 Å². The monoisotopic (exact) mass is 212 g/mol. The Balaban J connectivity index is 2.68. The molecule has 2 N–H and O–H groups in total. The van der Waals surface area contributed by atoms with Crippen molar-refractivity contribution in [3.63, 3.8) is 0 Å². The van der Waals surface area contributed by atoms with Crippen LogP contribution in [0, 0.1) is 5.92 Å². The second-order valence-electron chi connectivity index (χ2n) is 4.50. The van der Waals surface area contributed by atoms with E-state index in [1.165, 1.54) is 6.42 Å². The quantitative estimate of drug-likeness (QED) is 0.688. The summed E-state index contributed by atoms with van der Waals surface area (Å²) in [5.74, 6) is -0.801. The van der Waals surface area contributed by atoms with E-state index in [1.54, 1.807) is 6.08 Å². The van der Waals surface area contributed by atoms with Gasteiger partial charge < -0.3 is 10.2 Å². The van der Waals surface area contributed by atoms with Crippen molar-refractivity contribution in [1.82, 2.24) is 0 Å². The van der Waals surface area contributed by atoms with Crippen LogP contribution in [-0.2, 0) is 4.79 Å². The van der Waals surface area contributed by atoms with Crippen molar-refractivity contribution in [3.8, 4) is 0 Å². The Hall–Kier alpha value is -0.830. The molecular formula is C12H20O3. The summed E-state index contributed by atoms with van der Waals surface area (Å²) in [7, 11) is 0. The summed E-state index contributed by atoms with van der Waals surface area (Å²) in [6.07, 6.45) is 7.13. The van der Waals surface area contributed by atoms with Gasteiger partial charge in [0.15, 0.2) is 0 Å². The van der Waals surface area contributed by atoms with Crippen molar-refractivity contribution in [2.24, 2.45) is 5.92 Å². The summed E-state index contributed by atoms with van der Waals surface area (Å²) in [4.78, 5) is 10.7. The summed E-state index contributed by atoms with van der Waals surface area (Å²) < 4.78 is 0. The third-order valence-corrected chi connectivity index (χ3v) is 3.32. The fourth-order valence-corrected chi connectivity index (χ4v) is 2.53. The van der Waals surface area contributed by atoms with Gasteiger partial charge in [0.25, 0.3) is 0 Å². The maximum absolute atomic E-state index is 10.7. The lowest BCUT2D eigenvalue weighted by Gasteiger charge is -2.37. The van der Waals surface area contributed by atoms with E-state index in [-0.39, 0.29) is 12.3 Å². The lowest BCUT2D eigenvalue weighted by Crippen LogP contribution is -2.40. The molecule has 0 aromatic rings. The molecule has 15 heavy (non-hydrogen) atoms. The Morgan fingerprint density at radius 2 is 2.00 bits per heavy atom. The molecule has 0 aromatic heterocycles. The normalized spacial score (nSPS) is 21.9. The van der Waals surface area contributed by atoms with Crippen LogP contribution in [0.3, 0.4) is 0 Å². The molecule has 0 aromatic carbocycles. The number of carbonyl (C=O) groups is 1. The molecule has 1 fully saturated rings. The van der Waals surface area contributed by atoms with E-state index in [0.29, 0.717) is 6.42 Å². The van der Waals surface area contributed by atoms with Gasteiger partial charge in [-0.25, -0.2) is 0 Å². The third-order valence-electron chi connectivity index (χ3n) is 3.32. The second kappa shape index (κ2) is 5.31. The fraction of sp³-hybridized carbons (Fsp3) is 0.750. The Morgan fingerprint density at radius 1 is 1.40 bits per heavy atom. The molecule has 0 heterocycles. The largest absolute Gasteiger partial charge is 0.481 e. The molecule has 1 aliphatic carbocycles. The minimum atomic E-state index is -1.08. The molecule has 1 aliphatic rings. The lowest BCUT2D eigenvalue weighted by atomic mass is 9.73. The molecule has 0 amide bonds. The number of carboxylic acid groups (broad SMARTS) is 1. The predicted molar refractivity (Wildman–Crippen MR) is 58.6 cm³/mol. The van der Waals surface area contributed by atoms with E-state index in [0.717, 1.165) is 25.7 Å². The van der Waals surface area contributed by atoms with Crippen LogP contribution in [0.25, 0.3) is 0 Å². The van der Waals surface area contributed by atoms with Crippen LogP contribution < -0.4 is 0 Å². The number of hydrogen-bond acceptors (Lipinski definition) is 2. The zero-order valence-corrected chi connectivity index (χ0v) is 9.11. The highest BCUT2D eigenvalue weighted by Crippen LogP contribution is 2.37. The van der Waals surface area contributed by atoms with Crippen molar-refractivity contribution in [1.29, 1.82) is 0 Å². The van der Waals surface area contributed by atoms with Gasteiger partial charge in [-0.1, -0.05) is 25.3 Å². The minimum Gasteiger partial charge on any atom is -0.481 e. The molecule has 1 atom stereocenters. The first kappa shape index (κ1) is 12.2. The lowest BCUT2D eigenvalue weighted by molar-refractivity contribution is -0.145. The number of carboxylic acids is 1. The van der Waals surface area contributed by atoms with Gasteiger partial charge in [-0.05, 0) is 25.2 Å². The molecule has 1 unspecified atom stereocenters. The molecule has 1 saturated carbocycles. The molecule has 0 spiro atoms. The van der Waals surface area contributed by atoms with E-state index in [2.05, 4.69) is 6.58 Å². The molecule has 3 nitrogen and oxygen atoms in total. The summed E-state index contributed by atoms with van der Waals surface area (Å²) in [6, 6.07) is 0. The van der Waals surface area contributed by atoms with E-state index in [9.17, 15) is 9.90 Å². The van der Waals surface area contributed by atoms with Gasteiger partial charge in [0, 0.05) is 0 Å². The third kappa shape index (κ3) is 3.34. The van der Waals surface area contributed by atoms with E-state index in [1.807, 2.05) is 0 Å². The van der Waals surface area contributed by atoms with Crippen LogP contribution in [0.4, 0.5) is 0 Å². The molecule has 3 heteroatoms. The zero-order chi connectivity index (χ0) is 11.3. The molecular weight excluding hydrogens is 192 g/mol. The van der Waals surface area contributed by atoms with Crippen LogP contribution in [0.2, 0.25) is 0 Å². The van der Waals surface area contributed by atoms with Crippen molar-refractivity contribution in [2.75, 3.05) is 0 Å². The topological polar surface area (TPSA) is 57.5 Å². The van der Waals surface area contributed by atoms with Crippen LogP contribution in [0.15, 0.2) is 12.7 Å². The SMILES string of the molecule is C=CCC(O)(CC(=O)O)C1CCCCC1. The highest BCUT2D eigenvalue weighted by atomic mass is 16.4. The summed E-state index contributed by atoms with van der Waals surface area (Å²) in [5.41, 5.74) is -1.08. The Kier molecular flexibility index (Phi) is 4.33. The zero-order valence-electron chi connectivity index (χ0n) is 9.11. The van der Waals surface area contributed by atoms with Crippen LogP contribution in [0.5, 0.6) is 0 Å². The Morgan fingerprint density at radius 3 is 2.47 bits per heavy atom. The first-order chi connectivity index (χ1) is 7.08. The van der Waals surface area contributed by atoms with E-state index in [4.69, 9.17) is 5.11 Å². The van der Waals surface area contributed by atoms with Gasteiger partial charge in [0.1, 0.15) is 0 Å². The van der Waals surface area contributed by atoms with Crippen molar-refractivity contribution in [3.05, 3.63) is 12.7 Å². The Labute approximate surface area is 90.8 Å². The Bertz CT molecular complexity index is 231. The van der Waals surface area contributed by atoms with Crippen molar-refractivity contribution >= 4 is 5.97 Å². The van der Waals surface area contributed by atoms with Gasteiger partial charge in [-0.3, -0.25) is 4.79 Å². The summed E-state index contributed by atoms with van der Waals surface area (Å²) in [6.45, 7) is 3.59. The van der Waals surface area contributed by atoms with Gasteiger partial charge in [0.2, 0.25) is 0 Å². The molecule has 0 bridgehead atoms. The van der Waals surface area contributed by atoms with E-state index < -0.39 is 11.6 Å². The van der Waals surface area contributed by atoms with Gasteiger partial charge in [0.05, 0.1) is 12.0 Å². The second-order valence-corrected chi connectivity index (χ2v) is 4.50. The number of aliphatic carboxylic acids is 1. The highest BCUT2D eigenvalue weighted by molar-refractivity contribution is 5.68. The van der Waals surface area contributed by atoms with Crippen LogP contribution >= 0.6 is 0 Å². The summed E-state index contributed by atoms with van der Waals surface area (Å²) in [5, 5.41) is 19.2. The maximum atomic E-state index is 10.7. The standard InChI is InChI=1S/C12H20O3/c1-2-8-12(15,9-11(13)14)10-6-4-3-5-7-10/h2,10,15H,1,3-9H2,(H,13,14). The smallest absolute Gasteiger partial charge is 0.306 e. The molecule has 86 valence electrons. The molecule has 0 aliphatic heterocycles. The average Bonchev–Trinajstić information content (AvgIpc) is 2.18. The van der Waals surface area contributed by atoms with Gasteiger partial charge in [-0.15, -0.1) is 6.58 Å². The van der Waals surface area contributed by atoms with E-state index >= 15 is 0 Å². The minimum absolute atomic E-state index is 0.125. The highest BCUT2D eigenvalue weighted by Gasteiger charge is 2.37. The number of aliphatic hydroxyl groups is 1. The van der Waals surface area contributed by atoms with Crippen molar-refractivity contribution < 1.29 is 15.0 Å². The van der Waals surface area contributed by atoms with Gasteiger partial charge in [-0.2, -0.15) is 0 Å². The predicted octanol–water partition coefficient (Wildman–Crippen LogP) is 2.35. The molecule has 0 radical (unpaired) electrons. The van der Waals surface area contributed by atoms with Crippen molar-refractivity contribution in [2.45, 2.75) is 50.5 Å². The van der Waals surface area contributed by atoms with Crippen LogP contribution in [-0.4, -0.2) is 21.8 Å². The first-order valence-corrected chi connectivity index (χ1v) is 5.63. The summed E-state index contributed by atoms with van der Waals surface area (Å²) >= 11 is 0. The van der Waals surface area contributed by atoms with Gasteiger partial charge >= 0.3 is 5.97 Å². The number of rotatable bonds is 5. The fourth-order valence-electron chi connectivity index (χ4n) is 2.53. The maximum Gasteiger partial charge on any atom is 0.306 e. The molecule has 0 saturated heterocycles. The average molecular weight is 212 g/mol. The molecule has 1 rings (SSSR count). The number of hydrogen-bond donors (Lipinski definition) is 2. The first-order valence-electron chi connectivity index (χ1n) is 5.63.